The molecule has 0 aromatic heterocycles. The number of hydrogen-bond acceptors (Lipinski definition) is 2. The molecule has 0 amide bonds. The summed E-state index contributed by atoms with van der Waals surface area (Å²) in [6.07, 6.45) is 3.09. The molecule has 0 unspecified atom stereocenters. The third kappa shape index (κ3) is 9.51. The van der Waals surface area contributed by atoms with Gasteiger partial charge in [-0.05, 0) is 31.4 Å². The van der Waals surface area contributed by atoms with Gasteiger partial charge in [0.2, 0.25) is 0 Å². The van der Waals surface area contributed by atoms with Gasteiger partial charge in [-0.25, -0.2) is 0 Å². The first-order valence-electron chi connectivity index (χ1n) is 6.52. The molecular weight excluding hydrogens is 226 g/mol. The highest BCUT2D eigenvalue weighted by Gasteiger charge is 1.92. The Hall–Kier alpha value is -1.71. The van der Waals surface area contributed by atoms with Crippen LogP contribution in [0, 0.1) is 0 Å². The normalized spacial score (nSPS) is 9.00. The zero-order valence-corrected chi connectivity index (χ0v) is 11.4. The molecule has 0 aliphatic rings. The number of rotatable bonds is 7. The van der Waals surface area contributed by atoms with Gasteiger partial charge >= 0.3 is 0 Å². The summed E-state index contributed by atoms with van der Waals surface area (Å²) in [5.74, 6) is 1.09. The van der Waals surface area contributed by atoms with E-state index in [2.05, 4.69) is 4.99 Å². The second-order valence-electron chi connectivity index (χ2n) is 3.53. The monoisotopic (exact) mass is 251 g/mol. The van der Waals surface area contributed by atoms with Crippen molar-refractivity contribution in [3.63, 3.8) is 0 Å². The lowest BCUT2D eigenvalue weighted by Gasteiger charge is -2.04. The van der Waals surface area contributed by atoms with Crippen molar-refractivity contribution in [2.45, 2.75) is 33.1 Å². The topological polar surface area (TPSA) is 73.6 Å². The highest BCUT2D eigenvalue weighted by atomic mass is 16.5. The molecular formula is C14H25N3O. The summed E-state index contributed by atoms with van der Waals surface area (Å²) in [5.41, 5.74) is 10.4. The van der Waals surface area contributed by atoms with E-state index >= 15 is 0 Å². The molecule has 4 heteroatoms. The SMILES string of the molecule is CC.NC(N)=NCCCCCOc1ccccc1. The smallest absolute Gasteiger partial charge is 0.185 e. The van der Waals surface area contributed by atoms with Gasteiger partial charge in [0.1, 0.15) is 5.75 Å². The Morgan fingerprint density at radius 3 is 2.33 bits per heavy atom. The van der Waals surface area contributed by atoms with Crippen molar-refractivity contribution in [3.8, 4) is 5.75 Å². The molecule has 4 nitrogen and oxygen atoms in total. The third-order valence-corrected chi connectivity index (χ3v) is 2.11. The van der Waals surface area contributed by atoms with Gasteiger partial charge in [0.15, 0.2) is 5.96 Å². The lowest BCUT2D eigenvalue weighted by Crippen LogP contribution is -2.22. The summed E-state index contributed by atoms with van der Waals surface area (Å²) in [5, 5.41) is 0. The molecule has 1 rings (SSSR count). The molecule has 0 saturated heterocycles. The van der Waals surface area contributed by atoms with Crippen LogP contribution in [-0.2, 0) is 0 Å². The zero-order valence-electron chi connectivity index (χ0n) is 11.4. The van der Waals surface area contributed by atoms with E-state index in [4.69, 9.17) is 16.2 Å². The first-order valence-corrected chi connectivity index (χ1v) is 6.52. The number of nitrogens with zero attached hydrogens (tertiary/aromatic N) is 1. The number of hydrogen-bond donors (Lipinski definition) is 2. The van der Waals surface area contributed by atoms with Gasteiger partial charge in [-0.15, -0.1) is 0 Å². The fraction of sp³-hybridized carbons (Fsp3) is 0.500. The van der Waals surface area contributed by atoms with Crippen molar-refractivity contribution < 1.29 is 4.74 Å². The van der Waals surface area contributed by atoms with E-state index in [9.17, 15) is 0 Å². The van der Waals surface area contributed by atoms with Crippen molar-refractivity contribution in [3.05, 3.63) is 30.3 Å². The number of benzene rings is 1. The Kier molecular flexibility index (Phi) is 10.6. The van der Waals surface area contributed by atoms with E-state index < -0.39 is 0 Å². The largest absolute Gasteiger partial charge is 0.494 e. The van der Waals surface area contributed by atoms with Gasteiger partial charge < -0.3 is 16.2 Å². The van der Waals surface area contributed by atoms with Crippen LogP contribution in [-0.4, -0.2) is 19.1 Å². The molecule has 0 bridgehead atoms. The fourth-order valence-corrected chi connectivity index (χ4v) is 1.31. The van der Waals surface area contributed by atoms with Crippen LogP contribution in [0.15, 0.2) is 35.3 Å². The fourth-order valence-electron chi connectivity index (χ4n) is 1.31. The maximum Gasteiger partial charge on any atom is 0.185 e. The molecule has 0 aliphatic heterocycles. The number of para-hydroxylation sites is 1. The molecule has 0 radical (unpaired) electrons. The minimum absolute atomic E-state index is 0.167. The summed E-state index contributed by atoms with van der Waals surface area (Å²) < 4.78 is 5.55. The average molecular weight is 251 g/mol. The third-order valence-electron chi connectivity index (χ3n) is 2.11. The number of guanidine groups is 1. The molecule has 1 aromatic rings. The van der Waals surface area contributed by atoms with Crippen LogP contribution < -0.4 is 16.2 Å². The molecule has 4 N–H and O–H groups in total. The molecule has 0 heterocycles. The van der Waals surface area contributed by atoms with Crippen LogP contribution >= 0.6 is 0 Å². The first-order chi connectivity index (χ1) is 8.79. The van der Waals surface area contributed by atoms with Gasteiger partial charge in [0, 0.05) is 6.54 Å². The Balaban J connectivity index is 0.00000137. The van der Waals surface area contributed by atoms with Crippen molar-refractivity contribution in [1.29, 1.82) is 0 Å². The van der Waals surface area contributed by atoms with E-state index in [-0.39, 0.29) is 5.96 Å². The number of aliphatic imine (C=N–C) groups is 1. The van der Waals surface area contributed by atoms with Gasteiger partial charge in [0.25, 0.3) is 0 Å². The van der Waals surface area contributed by atoms with Crippen molar-refractivity contribution in [2.75, 3.05) is 13.2 Å². The van der Waals surface area contributed by atoms with Gasteiger partial charge in [-0.3, -0.25) is 4.99 Å². The summed E-state index contributed by atoms with van der Waals surface area (Å²) in [6.45, 7) is 5.44. The Bertz CT molecular complexity index is 308. The van der Waals surface area contributed by atoms with Crippen molar-refractivity contribution in [2.24, 2.45) is 16.5 Å². The number of unbranched alkanes of at least 4 members (excludes halogenated alkanes) is 2. The average Bonchev–Trinajstić information content (AvgIpc) is 2.41. The number of ether oxygens (including phenoxy) is 1. The van der Waals surface area contributed by atoms with Crippen LogP contribution in [0.5, 0.6) is 5.75 Å². The quantitative estimate of drug-likeness (QED) is 0.444. The van der Waals surface area contributed by atoms with Crippen LogP contribution in [0.4, 0.5) is 0 Å². The molecule has 0 aliphatic carbocycles. The second-order valence-corrected chi connectivity index (χ2v) is 3.53. The second kappa shape index (κ2) is 11.8. The maximum absolute atomic E-state index is 5.55. The van der Waals surface area contributed by atoms with Gasteiger partial charge in [0.05, 0.1) is 6.61 Å². The summed E-state index contributed by atoms with van der Waals surface area (Å²) >= 11 is 0. The Morgan fingerprint density at radius 1 is 1.06 bits per heavy atom. The lowest BCUT2D eigenvalue weighted by molar-refractivity contribution is 0.305. The van der Waals surface area contributed by atoms with Crippen LogP contribution in [0.3, 0.4) is 0 Å². The van der Waals surface area contributed by atoms with E-state index in [0.717, 1.165) is 31.6 Å². The molecule has 0 atom stereocenters. The maximum atomic E-state index is 5.55. The minimum atomic E-state index is 0.167. The highest BCUT2D eigenvalue weighted by Crippen LogP contribution is 2.09. The molecule has 0 spiro atoms. The van der Waals surface area contributed by atoms with Crippen LogP contribution in [0.2, 0.25) is 0 Å². The van der Waals surface area contributed by atoms with E-state index in [1.165, 1.54) is 0 Å². The summed E-state index contributed by atoms with van der Waals surface area (Å²) in [6, 6.07) is 9.82. The first kappa shape index (κ1) is 16.3. The minimum Gasteiger partial charge on any atom is -0.494 e. The van der Waals surface area contributed by atoms with Crippen LogP contribution in [0.25, 0.3) is 0 Å². The van der Waals surface area contributed by atoms with Crippen molar-refractivity contribution in [1.82, 2.24) is 0 Å². The molecule has 0 fully saturated rings. The summed E-state index contributed by atoms with van der Waals surface area (Å²) in [7, 11) is 0. The predicted octanol–water partition coefficient (Wildman–Crippen LogP) is 2.54. The molecule has 1 aromatic carbocycles. The van der Waals surface area contributed by atoms with Crippen LogP contribution in [0.1, 0.15) is 33.1 Å². The summed E-state index contributed by atoms with van der Waals surface area (Å²) in [4.78, 5) is 3.91. The van der Waals surface area contributed by atoms with E-state index in [1.54, 1.807) is 0 Å². The van der Waals surface area contributed by atoms with Gasteiger partial charge in [-0.2, -0.15) is 0 Å². The van der Waals surface area contributed by atoms with E-state index in [1.807, 2.05) is 44.2 Å². The lowest BCUT2D eigenvalue weighted by atomic mass is 10.2. The zero-order chi connectivity index (χ0) is 13.6. The predicted molar refractivity (Wildman–Crippen MR) is 77.8 cm³/mol. The molecule has 0 saturated carbocycles. The number of nitrogens with two attached hydrogens (primary N) is 2. The molecule has 102 valence electrons. The van der Waals surface area contributed by atoms with Crippen molar-refractivity contribution >= 4 is 5.96 Å². The Labute approximate surface area is 110 Å². The van der Waals surface area contributed by atoms with E-state index in [0.29, 0.717) is 6.54 Å². The van der Waals surface area contributed by atoms with Gasteiger partial charge in [-0.1, -0.05) is 32.0 Å². The Morgan fingerprint density at radius 2 is 1.72 bits per heavy atom. The highest BCUT2D eigenvalue weighted by molar-refractivity contribution is 5.75. The molecule has 18 heavy (non-hydrogen) atoms. The standard InChI is InChI=1S/C12H19N3O.C2H6/c13-12(14)15-9-5-2-6-10-16-11-7-3-1-4-8-11;1-2/h1,3-4,7-8H,2,5-6,9-10H2,(H4,13,14,15);1-2H3.